The molecule has 0 N–H and O–H groups in total. The average Bonchev–Trinajstić information content (AvgIpc) is 2.60. The van der Waals surface area contributed by atoms with Gasteiger partial charge in [-0.15, -0.1) is 0 Å². The van der Waals surface area contributed by atoms with E-state index in [-0.39, 0.29) is 0 Å². The Hall–Kier alpha value is -1.02. The highest BCUT2D eigenvalue weighted by Crippen LogP contribution is 2.06. The molecular weight excluding hydrogens is 216 g/mol. The Morgan fingerprint density at radius 1 is 0.833 bits per heavy atom. The van der Waals surface area contributed by atoms with Gasteiger partial charge in [0.1, 0.15) is 0 Å². The van der Waals surface area contributed by atoms with E-state index in [1.807, 2.05) is 48.5 Å². The molecule has 0 aliphatic rings. The van der Waals surface area contributed by atoms with Gasteiger partial charge in [-0.1, -0.05) is 36.4 Å². The van der Waals surface area contributed by atoms with Crippen molar-refractivity contribution >= 4 is 15.9 Å². The van der Waals surface area contributed by atoms with Crippen LogP contribution in [0.25, 0.3) is 0 Å². The van der Waals surface area contributed by atoms with Crippen LogP contribution in [-0.2, 0) is 0 Å². The molecule has 0 amide bonds. The van der Waals surface area contributed by atoms with Crippen molar-refractivity contribution in [2.75, 3.05) is 0 Å². The molecule has 0 aliphatic heterocycles. The first-order chi connectivity index (χ1) is 5.89. The van der Waals surface area contributed by atoms with Gasteiger partial charge in [-0.25, -0.2) is 0 Å². The minimum atomic E-state index is 0.780. The van der Waals surface area contributed by atoms with Crippen LogP contribution >= 0.6 is 15.9 Å². The summed E-state index contributed by atoms with van der Waals surface area (Å²) in [5, 5.41) is 0. The Labute approximate surface area is 80.2 Å². The third-order valence-corrected chi connectivity index (χ3v) is 1.60. The molecule has 0 radical (unpaired) electrons. The van der Waals surface area contributed by atoms with Gasteiger partial charge in [-0.2, -0.15) is 0 Å². The van der Waals surface area contributed by atoms with Crippen LogP contribution in [0.1, 0.15) is 0 Å². The average molecular weight is 225 g/mol. The van der Waals surface area contributed by atoms with Gasteiger partial charge in [0.15, 0.2) is 4.67 Å². The first-order valence-electron chi connectivity index (χ1n) is 3.58. The summed E-state index contributed by atoms with van der Waals surface area (Å²) in [5.41, 5.74) is 0. The molecule has 12 heavy (non-hydrogen) atoms. The molecule has 2 aromatic rings. The normalized spacial score (nSPS) is 8.42. The summed E-state index contributed by atoms with van der Waals surface area (Å²) in [5.74, 6) is 0. The Morgan fingerprint density at radius 2 is 1.33 bits per heavy atom. The van der Waals surface area contributed by atoms with E-state index in [2.05, 4.69) is 15.9 Å². The molecule has 62 valence electrons. The van der Waals surface area contributed by atoms with E-state index in [0.717, 1.165) is 4.67 Å². The lowest BCUT2D eigenvalue weighted by atomic mass is 10.4. The van der Waals surface area contributed by atoms with Gasteiger partial charge in [0.25, 0.3) is 0 Å². The topological polar surface area (TPSA) is 13.1 Å². The van der Waals surface area contributed by atoms with E-state index in [1.165, 1.54) is 0 Å². The summed E-state index contributed by atoms with van der Waals surface area (Å²) in [6, 6.07) is 15.7. The second kappa shape index (κ2) is 5.61. The zero-order valence-electron chi connectivity index (χ0n) is 6.48. The van der Waals surface area contributed by atoms with Gasteiger partial charge in [0, 0.05) is 0 Å². The van der Waals surface area contributed by atoms with Crippen molar-refractivity contribution in [2.24, 2.45) is 0 Å². The molecule has 1 heterocycles. The van der Waals surface area contributed by atoms with Crippen LogP contribution < -0.4 is 0 Å². The summed E-state index contributed by atoms with van der Waals surface area (Å²) in [4.78, 5) is 0. The van der Waals surface area contributed by atoms with E-state index in [1.54, 1.807) is 6.26 Å². The van der Waals surface area contributed by atoms with Crippen LogP contribution in [-0.4, -0.2) is 0 Å². The van der Waals surface area contributed by atoms with Crippen molar-refractivity contribution in [3.05, 3.63) is 59.5 Å². The predicted octanol–water partition coefficient (Wildman–Crippen LogP) is 3.73. The van der Waals surface area contributed by atoms with Gasteiger partial charge in [-0.3, -0.25) is 0 Å². The minimum absolute atomic E-state index is 0.780. The van der Waals surface area contributed by atoms with E-state index in [4.69, 9.17) is 4.42 Å². The van der Waals surface area contributed by atoms with Crippen LogP contribution in [0.5, 0.6) is 0 Å². The summed E-state index contributed by atoms with van der Waals surface area (Å²) < 4.78 is 5.53. The molecule has 0 spiro atoms. The predicted molar refractivity (Wildman–Crippen MR) is 52.9 cm³/mol. The lowest BCUT2D eigenvalue weighted by Crippen LogP contribution is -1.47. The summed E-state index contributed by atoms with van der Waals surface area (Å²) >= 11 is 3.11. The van der Waals surface area contributed by atoms with Gasteiger partial charge in [-0.05, 0) is 28.1 Å². The van der Waals surface area contributed by atoms with E-state index >= 15 is 0 Å². The molecule has 1 aromatic carbocycles. The smallest absolute Gasteiger partial charge is 0.168 e. The van der Waals surface area contributed by atoms with Crippen molar-refractivity contribution in [1.29, 1.82) is 0 Å². The Kier molecular flexibility index (Phi) is 4.24. The molecule has 2 heteroatoms. The molecule has 0 unspecified atom stereocenters. The number of benzene rings is 1. The fraction of sp³-hybridized carbons (Fsp3) is 0. The maximum absolute atomic E-state index is 4.75. The third-order valence-electron chi connectivity index (χ3n) is 1.15. The van der Waals surface area contributed by atoms with Crippen molar-refractivity contribution in [3.63, 3.8) is 0 Å². The molecule has 0 saturated carbocycles. The van der Waals surface area contributed by atoms with Gasteiger partial charge in [0.2, 0.25) is 0 Å². The maximum Gasteiger partial charge on any atom is 0.168 e. The van der Waals surface area contributed by atoms with Gasteiger partial charge < -0.3 is 4.42 Å². The quantitative estimate of drug-likeness (QED) is 0.665. The summed E-state index contributed by atoms with van der Waals surface area (Å²) in [6.45, 7) is 0. The van der Waals surface area contributed by atoms with Crippen molar-refractivity contribution in [3.8, 4) is 0 Å². The lowest BCUT2D eigenvalue weighted by Gasteiger charge is -1.69. The number of hydrogen-bond acceptors (Lipinski definition) is 1. The fourth-order valence-corrected chi connectivity index (χ4v) is 0.904. The number of halogens is 1. The molecule has 0 bridgehead atoms. The fourth-order valence-electron chi connectivity index (χ4n) is 0.643. The zero-order valence-corrected chi connectivity index (χ0v) is 8.07. The SMILES string of the molecule is Brc1ccco1.c1ccccc1. The van der Waals surface area contributed by atoms with Crippen molar-refractivity contribution in [2.45, 2.75) is 0 Å². The molecule has 0 aliphatic carbocycles. The molecule has 1 aromatic heterocycles. The van der Waals surface area contributed by atoms with Crippen LogP contribution in [0.2, 0.25) is 0 Å². The Morgan fingerprint density at radius 3 is 1.50 bits per heavy atom. The second-order valence-electron chi connectivity index (χ2n) is 2.07. The highest BCUT2D eigenvalue weighted by atomic mass is 79.9. The first kappa shape index (κ1) is 9.07. The van der Waals surface area contributed by atoms with Crippen LogP contribution in [0.4, 0.5) is 0 Å². The molecule has 2 rings (SSSR count). The Balaban J connectivity index is 0.000000120. The number of rotatable bonds is 0. The molecule has 0 fully saturated rings. The van der Waals surface area contributed by atoms with Crippen molar-refractivity contribution in [1.82, 2.24) is 0 Å². The standard InChI is InChI=1S/C6H6.C4H3BrO/c1-2-4-6-5-3-1;5-4-2-1-3-6-4/h1-6H;1-3H. The first-order valence-corrected chi connectivity index (χ1v) is 4.38. The van der Waals surface area contributed by atoms with Crippen LogP contribution in [0.15, 0.2) is 63.9 Å². The van der Waals surface area contributed by atoms with E-state index < -0.39 is 0 Å². The van der Waals surface area contributed by atoms with Gasteiger partial charge >= 0.3 is 0 Å². The highest BCUT2D eigenvalue weighted by Gasteiger charge is 1.78. The summed E-state index contributed by atoms with van der Waals surface area (Å²) in [6.07, 6.45) is 1.62. The molecular formula is C10H9BrO. The van der Waals surface area contributed by atoms with E-state index in [9.17, 15) is 0 Å². The zero-order chi connectivity index (χ0) is 8.65. The largest absolute Gasteiger partial charge is 0.458 e. The molecule has 0 atom stereocenters. The van der Waals surface area contributed by atoms with Gasteiger partial charge in [0.05, 0.1) is 6.26 Å². The second-order valence-corrected chi connectivity index (χ2v) is 2.85. The van der Waals surface area contributed by atoms with Crippen LogP contribution in [0, 0.1) is 0 Å². The Bertz CT molecular complexity index is 249. The van der Waals surface area contributed by atoms with E-state index in [0.29, 0.717) is 0 Å². The maximum atomic E-state index is 4.75. The number of furan rings is 1. The summed E-state index contributed by atoms with van der Waals surface area (Å²) in [7, 11) is 0. The molecule has 1 nitrogen and oxygen atoms in total. The lowest BCUT2D eigenvalue weighted by molar-refractivity contribution is 0.541. The molecule has 0 saturated heterocycles. The monoisotopic (exact) mass is 224 g/mol. The minimum Gasteiger partial charge on any atom is -0.458 e. The number of hydrogen-bond donors (Lipinski definition) is 0. The highest BCUT2D eigenvalue weighted by molar-refractivity contribution is 9.10. The van der Waals surface area contributed by atoms with Crippen LogP contribution in [0.3, 0.4) is 0 Å². The third kappa shape index (κ3) is 3.98. The van der Waals surface area contributed by atoms with Crippen molar-refractivity contribution < 1.29 is 4.42 Å².